The van der Waals surface area contributed by atoms with E-state index < -0.39 is 0 Å². The van der Waals surface area contributed by atoms with E-state index in [9.17, 15) is 4.79 Å². The van der Waals surface area contributed by atoms with Crippen molar-refractivity contribution >= 4 is 28.3 Å². The van der Waals surface area contributed by atoms with Crippen molar-refractivity contribution in [2.45, 2.75) is 46.1 Å². The Kier molecular flexibility index (Phi) is 4.99. The standard InChI is InChI=1S/C23H26N4O/c1-15-7-6-9-18(13-15)26-21-19-11-10-16(2)25-22(19)24-14-20(21)23(28)27-12-5-4-8-17(27)3/h6-7,9-11,13-14,17H,4-5,8,12H2,1-3H3,(H,24,25,26)/t17-/m0/s1. The highest BCUT2D eigenvalue weighted by molar-refractivity contribution is 6.07. The van der Waals surface area contributed by atoms with Crippen LogP contribution in [0.15, 0.2) is 42.6 Å². The number of fused-ring (bicyclic) bond motifs is 1. The number of likely N-dealkylation sites (tertiary alicyclic amines) is 1. The van der Waals surface area contributed by atoms with Gasteiger partial charge in [0.25, 0.3) is 5.91 Å². The largest absolute Gasteiger partial charge is 0.354 e. The van der Waals surface area contributed by atoms with Crippen molar-refractivity contribution in [3.8, 4) is 0 Å². The normalized spacial score (nSPS) is 17.0. The molecule has 1 aliphatic heterocycles. The number of amides is 1. The van der Waals surface area contributed by atoms with Gasteiger partial charge in [-0.1, -0.05) is 12.1 Å². The fourth-order valence-electron chi connectivity index (χ4n) is 3.89. The summed E-state index contributed by atoms with van der Waals surface area (Å²) in [5.74, 6) is 0.0392. The molecule has 2 aromatic heterocycles. The summed E-state index contributed by atoms with van der Waals surface area (Å²) in [5, 5.41) is 4.35. The van der Waals surface area contributed by atoms with E-state index in [0.29, 0.717) is 11.2 Å². The summed E-state index contributed by atoms with van der Waals surface area (Å²) >= 11 is 0. The number of anilines is 2. The van der Waals surface area contributed by atoms with Crippen LogP contribution in [0.5, 0.6) is 0 Å². The van der Waals surface area contributed by atoms with Gasteiger partial charge in [-0.25, -0.2) is 9.97 Å². The molecule has 1 atom stereocenters. The second-order valence-corrected chi connectivity index (χ2v) is 7.71. The fourth-order valence-corrected chi connectivity index (χ4v) is 3.89. The lowest BCUT2D eigenvalue weighted by molar-refractivity contribution is 0.0636. The van der Waals surface area contributed by atoms with Crippen LogP contribution in [0.25, 0.3) is 11.0 Å². The third-order valence-electron chi connectivity index (χ3n) is 5.45. The van der Waals surface area contributed by atoms with Crippen LogP contribution >= 0.6 is 0 Å². The summed E-state index contributed by atoms with van der Waals surface area (Å²) in [6.45, 7) is 6.93. The van der Waals surface area contributed by atoms with E-state index in [1.165, 1.54) is 6.42 Å². The van der Waals surface area contributed by atoms with Gasteiger partial charge in [0, 0.05) is 35.6 Å². The van der Waals surface area contributed by atoms with Crippen molar-refractivity contribution in [2.24, 2.45) is 0 Å². The van der Waals surface area contributed by atoms with Crippen LogP contribution in [0.1, 0.15) is 47.8 Å². The first-order chi connectivity index (χ1) is 13.5. The maximum atomic E-state index is 13.4. The van der Waals surface area contributed by atoms with Crippen LogP contribution in [-0.2, 0) is 0 Å². The molecule has 3 aromatic rings. The molecule has 0 radical (unpaired) electrons. The smallest absolute Gasteiger partial charge is 0.257 e. The zero-order chi connectivity index (χ0) is 19.7. The monoisotopic (exact) mass is 374 g/mol. The number of carbonyl (C=O) groups is 1. The van der Waals surface area contributed by atoms with E-state index in [-0.39, 0.29) is 11.9 Å². The molecule has 1 N–H and O–H groups in total. The van der Waals surface area contributed by atoms with Crippen LogP contribution in [0.4, 0.5) is 11.4 Å². The summed E-state index contributed by atoms with van der Waals surface area (Å²) in [6.07, 6.45) is 4.96. The van der Waals surface area contributed by atoms with Crippen molar-refractivity contribution in [1.82, 2.24) is 14.9 Å². The Balaban J connectivity index is 1.83. The van der Waals surface area contributed by atoms with Crippen molar-refractivity contribution in [2.75, 3.05) is 11.9 Å². The first-order valence-corrected chi connectivity index (χ1v) is 9.94. The summed E-state index contributed by atoms with van der Waals surface area (Å²) in [5.41, 5.74) is 5.06. The predicted molar refractivity (Wildman–Crippen MR) is 113 cm³/mol. The van der Waals surface area contributed by atoms with Gasteiger partial charge in [-0.15, -0.1) is 0 Å². The molecule has 0 spiro atoms. The minimum Gasteiger partial charge on any atom is -0.354 e. The quantitative estimate of drug-likeness (QED) is 0.700. The Hall–Kier alpha value is -2.95. The average molecular weight is 374 g/mol. The molecule has 1 aliphatic rings. The number of nitrogens with zero attached hydrogens (tertiary/aromatic N) is 3. The lowest BCUT2D eigenvalue weighted by Gasteiger charge is -2.34. The van der Waals surface area contributed by atoms with Gasteiger partial charge in [0.1, 0.15) is 0 Å². The number of aryl methyl sites for hydroxylation is 2. The topological polar surface area (TPSA) is 58.1 Å². The Bertz CT molecular complexity index is 1030. The number of hydrogen-bond acceptors (Lipinski definition) is 4. The van der Waals surface area contributed by atoms with E-state index in [0.717, 1.165) is 47.4 Å². The van der Waals surface area contributed by atoms with Crippen LogP contribution in [0.3, 0.4) is 0 Å². The summed E-state index contributed by atoms with van der Waals surface area (Å²) in [4.78, 5) is 24.5. The maximum absolute atomic E-state index is 13.4. The number of benzene rings is 1. The van der Waals surface area contributed by atoms with E-state index in [1.807, 2.05) is 36.1 Å². The van der Waals surface area contributed by atoms with Gasteiger partial charge in [0.05, 0.1) is 11.3 Å². The summed E-state index contributed by atoms with van der Waals surface area (Å²) in [7, 11) is 0. The Labute approximate surface area is 165 Å². The molecule has 0 aliphatic carbocycles. The van der Waals surface area contributed by atoms with Crippen molar-refractivity contribution < 1.29 is 4.79 Å². The van der Waals surface area contributed by atoms with Crippen LogP contribution < -0.4 is 5.32 Å². The molecular formula is C23H26N4O. The highest BCUT2D eigenvalue weighted by Gasteiger charge is 2.27. The minimum atomic E-state index is 0.0392. The highest BCUT2D eigenvalue weighted by Crippen LogP contribution is 2.31. The summed E-state index contributed by atoms with van der Waals surface area (Å²) < 4.78 is 0. The summed E-state index contributed by atoms with van der Waals surface area (Å²) in [6, 6.07) is 12.4. The number of hydrogen-bond donors (Lipinski definition) is 1. The SMILES string of the molecule is Cc1cccc(Nc2c(C(=O)N3CCCC[C@@H]3C)cnc3nc(C)ccc23)c1. The van der Waals surface area contributed by atoms with Gasteiger partial charge in [-0.05, 0) is 69.9 Å². The number of aromatic nitrogens is 2. The molecule has 1 amide bonds. The average Bonchev–Trinajstić information content (AvgIpc) is 2.68. The molecule has 5 heteroatoms. The van der Waals surface area contributed by atoms with Crippen molar-refractivity contribution in [3.63, 3.8) is 0 Å². The van der Waals surface area contributed by atoms with Gasteiger partial charge in [-0.3, -0.25) is 4.79 Å². The van der Waals surface area contributed by atoms with Gasteiger partial charge in [0.15, 0.2) is 5.65 Å². The minimum absolute atomic E-state index is 0.0392. The second kappa shape index (κ2) is 7.58. The molecule has 144 valence electrons. The third kappa shape index (κ3) is 3.57. The number of carbonyl (C=O) groups excluding carboxylic acids is 1. The third-order valence-corrected chi connectivity index (χ3v) is 5.45. The fraction of sp³-hybridized carbons (Fsp3) is 0.348. The molecule has 1 saturated heterocycles. The lowest BCUT2D eigenvalue weighted by Crippen LogP contribution is -2.42. The molecular weight excluding hydrogens is 348 g/mol. The Morgan fingerprint density at radius 2 is 2.04 bits per heavy atom. The second-order valence-electron chi connectivity index (χ2n) is 7.71. The number of pyridine rings is 2. The zero-order valence-corrected chi connectivity index (χ0v) is 16.7. The van der Waals surface area contributed by atoms with E-state index in [1.54, 1.807) is 6.20 Å². The first kappa shape index (κ1) is 18.4. The highest BCUT2D eigenvalue weighted by atomic mass is 16.2. The van der Waals surface area contributed by atoms with Gasteiger partial charge in [-0.2, -0.15) is 0 Å². The maximum Gasteiger partial charge on any atom is 0.257 e. The first-order valence-electron chi connectivity index (χ1n) is 9.94. The number of nitrogens with one attached hydrogen (secondary N) is 1. The molecule has 0 bridgehead atoms. The molecule has 1 fully saturated rings. The van der Waals surface area contributed by atoms with Gasteiger partial charge >= 0.3 is 0 Å². The van der Waals surface area contributed by atoms with E-state index in [2.05, 4.69) is 41.3 Å². The van der Waals surface area contributed by atoms with Gasteiger partial charge in [0.2, 0.25) is 0 Å². The molecule has 4 rings (SSSR count). The van der Waals surface area contributed by atoms with Crippen LogP contribution in [0, 0.1) is 13.8 Å². The van der Waals surface area contributed by atoms with Crippen molar-refractivity contribution in [1.29, 1.82) is 0 Å². The molecule has 0 unspecified atom stereocenters. The van der Waals surface area contributed by atoms with Crippen molar-refractivity contribution in [3.05, 3.63) is 59.4 Å². The molecule has 1 aromatic carbocycles. The van der Waals surface area contributed by atoms with E-state index >= 15 is 0 Å². The lowest BCUT2D eigenvalue weighted by atomic mass is 10.0. The molecule has 5 nitrogen and oxygen atoms in total. The van der Waals surface area contributed by atoms with E-state index in [4.69, 9.17) is 0 Å². The van der Waals surface area contributed by atoms with Crippen LogP contribution in [0.2, 0.25) is 0 Å². The predicted octanol–water partition coefficient (Wildman–Crippen LogP) is 5.00. The zero-order valence-electron chi connectivity index (χ0n) is 16.7. The van der Waals surface area contributed by atoms with Gasteiger partial charge < -0.3 is 10.2 Å². The van der Waals surface area contributed by atoms with Crippen LogP contribution in [-0.4, -0.2) is 33.4 Å². The number of rotatable bonds is 3. The number of piperidine rings is 1. The molecule has 28 heavy (non-hydrogen) atoms. The Morgan fingerprint density at radius 3 is 2.82 bits per heavy atom. The Morgan fingerprint density at radius 1 is 1.18 bits per heavy atom. The molecule has 0 saturated carbocycles. The molecule has 3 heterocycles.